The number of rotatable bonds is 3. The van der Waals surface area contributed by atoms with E-state index >= 15 is 0 Å². The Morgan fingerprint density at radius 1 is 1.35 bits per heavy atom. The lowest BCUT2D eigenvalue weighted by atomic mass is 9.77. The fraction of sp³-hybridized carbons (Fsp3) is 0.571. The summed E-state index contributed by atoms with van der Waals surface area (Å²) in [5.41, 5.74) is 7.46. The van der Waals surface area contributed by atoms with Crippen molar-refractivity contribution in [2.24, 2.45) is 23.0 Å². The Hall–Kier alpha value is -0.410. The van der Waals surface area contributed by atoms with Gasteiger partial charge in [-0.05, 0) is 83.1 Å². The zero-order valence-electron chi connectivity index (χ0n) is 9.76. The highest BCUT2D eigenvalue weighted by Crippen LogP contribution is 2.60. The lowest BCUT2D eigenvalue weighted by molar-refractivity contribution is 0.273. The molecule has 0 spiro atoms. The van der Waals surface area contributed by atoms with Gasteiger partial charge >= 0.3 is 0 Å². The minimum atomic E-state index is -0.190. The standard InChI is InChI=1S/C14H17BrFN/c15-12-3-9(1-2-13(12)16)5-14(8-17)6-10-4-11(10)7-14/h1-3,10-11H,4-8,17H2. The second-order valence-electron chi connectivity index (χ2n) is 5.79. The van der Waals surface area contributed by atoms with E-state index in [4.69, 9.17) is 5.73 Å². The summed E-state index contributed by atoms with van der Waals surface area (Å²) in [6.45, 7) is 0.759. The molecule has 2 atom stereocenters. The molecule has 2 saturated carbocycles. The van der Waals surface area contributed by atoms with E-state index in [-0.39, 0.29) is 11.2 Å². The molecule has 0 aromatic heterocycles. The van der Waals surface area contributed by atoms with E-state index in [1.165, 1.54) is 24.8 Å². The number of fused-ring (bicyclic) bond motifs is 1. The third-order valence-corrected chi connectivity index (χ3v) is 5.06. The average Bonchev–Trinajstić information content (AvgIpc) is 2.93. The molecular weight excluding hydrogens is 281 g/mol. The first-order valence-electron chi connectivity index (χ1n) is 6.26. The number of hydrogen-bond acceptors (Lipinski definition) is 1. The predicted molar refractivity (Wildman–Crippen MR) is 70.1 cm³/mol. The fourth-order valence-electron chi connectivity index (χ4n) is 3.47. The van der Waals surface area contributed by atoms with Crippen LogP contribution in [0.1, 0.15) is 24.8 Å². The second-order valence-corrected chi connectivity index (χ2v) is 6.65. The molecule has 0 heterocycles. The monoisotopic (exact) mass is 297 g/mol. The van der Waals surface area contributed by atoms with Gasteiger partial charge in [0.05, 0.1) is 4.47 Å². The highest BCUT2D eigenvalue weighted by molar-refractivity contribution is 9.10. The SMILES string of the molecule is NCC1(Cc2ccc(F)c(Br)c2)CC2CC2C1. The maximum atomic E-state index is 13.2. The van der Waals surface area contributed by atoms with Crippen LogP contribution in [0.2, 0.25) is 0 Å². The molecule has 0 saturated heterocycles. The van der Waals surface area contributed by atoms with Crippen molar-refractivity contribution in [3.8, 4) is 0 Å². The molecule has 1 aromatic rings. The van der Waals surface area contributed by atoms with Gasteiger partial charge in [0.25, 0.3) is 0 Å². The molecule has 0 amide bonds. The van der Waals surface area contributed by atoms with Crippen molar-refractivity contribution in [2.45, 2.75) is 25.7 Å². The van der Waals surface area contributed by atoms with Gasteiger partial charge in [-0.2, -0.15) is 0 Å². The Morgan fingerprint density at radius 3 is 2.65 bits per heavy atom. The van der Waals surface area contributed by atoms with Crippen LogP contribution in [0.25, 0.3) is 0 Å². The summed E-state index contributed by atoms with van der Waals surface area (Å²) >= 11 is 3.25. The van der Waals surface area contributed by atoms with Crippen molar-refractivity contribution in [3.63, 3.8) is 0 Å². The Balaban J connectivity index is 1.78. The highest BCUT2D eigenvalue weighted by Gasteiger charge is 2.52. The van der Waals surface area contributed by atoms with Gasteiger partial charge in [0.1, 0.15) is 5.82 Å². The van der Waals surface area contributed by atoms with E-state index in [0.29, 0.717) is 4.47 Å². The Kier molecular flexibility index (Phi) is 2.79. The molecule has 1 nitrogen and oxygen atoms in total. The van der Waals surface area contributed by atoms with Crippen LogP contribution in [0.3, 0.4) is 0 Å². The summed E-state index contributed by atoms with van der Waals surface area (Å²) in [4.78, 5) is 0. The van der Waals surface area contributed by atoms with Crippen molar-refractivity contribution in [1.29, 1.82) is 0 Å². The van der Waals surface area contributed by atoms with E-state index < -0.39 is 0 Å². The maximum absolute atomic E-state index is 13.2. The fourth-order valence-corrected chi connectivity index (χ4v) is 3.90. The van der Waals surface area contributed by atoms with Gasteiger partial charge in [-0.1, -0.05) is 6.07 Å². The second kappa shape index (κ2) is 4.06. The summed E-state index contributed by atoms with van der Waals surface area (Å²) in [6, 6.07) is 5.33. The van der Waals surface area contributed by atoms with Crippen molar-refractivity contribution >= 4 is 15.9 Å². The molecule has 2 unspecified atom stereocenters. The van der Waals surface area contributed by atoms with E-state index in [9.17, 15) is 4.39 Å². The van der Waals surface area contributed by atoms with Crippen molar-refractivity contribution in [2.75, 3.05) is 6.54 Å². The minimum absolute atomic E-state index is 0.190. The molecule has 0 bridgehead atoms. The summed E-state index contributed by atoms with van der Waals surface area (Å²) in [6.07, 6.45) is 4.94. The summed E-state index contributed by atoms with van der Waals surface area (Å²) in [7, 11) is 0. The van der Waals surface area contributed by atoms with E-state index in [2.05, 4.69) is 15.9 Å². The Bertz CT molecular complexity index is 436. The van der Waals surface area contributed by atoms with Crippen LogP contribution in [0.5, 0.6) is 0 Å². The first kappa shape index (κ1) is 11.7. The number of halogens is 2. The van der Waals surface area contributed by atoms with E-state index in [1.807, 2.05) is 12.1 Å². The molecule has 17 heavy (non-hydrogen) atoms. The van der Waals surface area contributed by atoms with Crippen molar-refractivity contribution < 1.29 is 4.39 Å². The normalized spacial score (nSPS) is 34.8. The van der Waals surface area contributed by atoms with Crippen LogP contribution < -0.4 is 5.73 Å². The van der Waals surface area contributed by atoms with Gasteiger partial charge in [0.15, 0.2) is 0 Å². The summed E-state index contributed by atoms with van der Waals surface area (Å²) < 4.78 is 13.7. The zero-order valence-corrected chi connectivity index (χ0v) is 11.3. The van der Waals surface area contributed by atoms with Gasteiger partial charge in [0, 0.05) is 0 Å². The summed E-state index contributed by atoms with van der Waals surface area (Å²) in [5, 5.41) is 0. The maximum Gasteiger partial charge on any atom is 0.137 e. The third kappa shape index (κ3) is 2.15. The third-order valence-electron chi connectivity index (χ3n) is 4.46. The predicted octanol–water partition coefficient (Wildman–Crippen LogP) is 3.51. The zero-order chi connectivity index (χ0) is 12.0. The van der Waals surface area contributed by atoms with E-state index in [0.717, 1.165) is 24.8 Å². The van der Waals surface area contributed by atoms with Crippen LogP contribution in [0.15, 0.2) is 22.7 Å². The van der Waals surface area contributed by atoms with Crippen LogP contribution >= 0.6 is 15.9 Å². The van der Waals surface area contributed by atoms with Crippen molar-refractivity contribution in [3.05, 3.63) is 34.1 Å². The number of benzene rings is 1. The largest absolute Gasteiger partial charge is 0.330 e. The van der Waals surface area contributed by atoms with Crippen LogP contribution in [-0.2, 0) is 6.42 Å². The van der Waals surface area contributed by atoms with Gasteiger partial charge in [-0.15, -0.1) is 0 Å². The smallest absolute Gasteiger partial charge is 0.137 e. The topological polar surface area (TPSA) is 26.0 Å². The molecule has 2 aliphatic rings. The van der Waals surface area contributed by atoms with E-state index in [1.54, 1.807) is 6.07 Å². The lowest BCUT2D eigenvalue weighted by Crippen LogP contribution is -2.31. The molecule has 92 valence electrons. The number of nitrogens with two attached hydrogens (primary N) is 1. The first-order chi connectivity index (χ1) is 8.12. The van der Waals surface area contributed by atoms with Crippen LogP contribution in [0, 0.1) is 23.1 Å². The molecule has 1 aromatic carbocycles. The molecule has 2 N–H and O–H groups in total. The van der Waals surface area contributed by atoms with Crippen molar-refractivity contribution in [1.82, 2.24) is 0 Å². The van der Waals surface area contributed by atoms with Gasteiger partial charge in [0.2, 0.25) is 0 Å². The molecule has 3 heteroatoms. The molecule has 2 aliphatic carbocycles. The lowest BCUT2D eigenvalue weighted by Gasteiger charge is -2.29. The van der Waals surface area contributed by atoms with Gasteiger partial charge < -0.3 is 5.73 Å². The summed E-state index contributed by atoms with van der Waals surface area (Å²) in [5.74, 6) is 1.68. The molecule has 2 fully saturated rings. The Morgan fingerprint density at radius 2 is 2.06 bits per heavy atom. The molecule has 0 aliphatic heterocycles. The number of hydrogen-bond donors (Lipinski definition) is 1. The quantitative estimate of drug-likeness (QED) is 0.908. The minimum Gasteiger partial charge on any atom is -0.330 e. The van der Waals surface area contributed by atoms with Gasteiger partial charge in [-0.25, -0.2) is 4.39 Å². The molecular formula is C14H17BrFN. The average molecular weight is 298 g/mol. The van der Waals surface area contributed by atoms with Crippen LogP contribution in [0.4, 0.5) is 4.39 Å². The van der Waals surface area contributed by atoms with Crippen LogP contribution in [-0.4, -0.2) is 6.54 Å². The first-order valence-corrected chi connectivity index (χ1v) is 7.05. The Labute approximate surface area is 110 Å². The molecule has 3 rings (SSSR count). The molecule has 0 radical (unpaired) electrons. The highest BCUT2D eigenvalue weighted by atomic mass is 79.9. The van der Waals surface area contributed by atoms with Gasteiger partial charge in [-0.3, -0.25) is 0 Å².